The summed E-state index contributed by atoms with van der Waals surface area (Å²) in [5, 5.41) is 14.5. The molecule has 0 aromatic heterocycles. The van der Waals surface area contributed by atoms with Gasteiger partial charge in [0.05, 0.1) is 6.10 Å². The molecule has 2 fully saturated rings. The molecule has 2 rings (SSSR count). The number of aliphatic hydroxyl groups is 1. The maximum Gasteiger partial charge on any atom is 0.271 e. The third-order valence-corrected chi connectivity index (χ3v) is 9.05. The summed E-state index contributed by atoms with van der Waals surface area (Å²) in [5.41, 5.74) is 0.605. The Balaban J connectivity index is 2.46. The van der Waals surface area contributed by atoms with Gasteiger partial charge >= 0.3 is 0 Å². The van der Waals surface area contributed by atoms with Crippen molar-refractivity contribution < 1.29 is 14.6 Å². The lowest BCUT2D eigenvalue weighted by Gasteiger charge is -2.49. The van der Waals surface area contributed by atoms with E-state index in [2.05, 4.69) is 61.0 Å². The first-order chi connectivity index (χ1) is 13.6. The molecule has 4 heteroatoms. The molecule has 0 amide bonds. The standard InChI is InChI=1S/C25H51N2O2/c1-9-20(28)18-23(27(8)19(4)29-27)25(11-3)16-13-12-14-22(26-7)21(25)15-17-24(5,6)10-2/h19-23,26,28H,9-18H2,1-8H3/q+1/t19-,20-,21?,22?,23?,25?,27?/m1/s1. The van der Waals surface area contributed by atoms with E-state index >= 15 is 0 Å². The highest BCUT2D eigenvalue weighted by atomic mass is 16.9. The number of hydrogen-bond acceptors (Lipinski definition) is 3. The zero-order valence-corrected chi connectivity index (χ0v) is 20.8. The summed E-state index contributed by atoms with van der Waals surface area (Å²) in [4.78, 5) is 6.22. The van der Waals surface area contributed by atoms with Crippen LogP contribution in [-0.2, 0) is 4.84 Å². The number of nitrogens with zero attached hydrogens (tertiary/aromatic N) is 1. The molecule has 1 saturated heterocycles. The van der Waals surface area contributed by atoms with Gasteiger partial charge in [-0.2, -0.15) is 0 Å². The summed E-state index contributed by atoms with van der Waals surface area (Å²) in [6, 6.07) is 0.925. The van der Waals surface area contributed by atoms with Gasteiger partial charge in [-0.1, -0.05) is 53.9 Å². The van der Waals surface area contributed by atoms with Gasteiger partial charge in [-0.3, -0.25) is 0 Å². The lowest BCUT2D eigenvalue weighted by atomic mass is 9.60. The Bertz CT molecular complexity index is 511. The Kier molecular flexibility index (Phi) is 8.63. The van der Waals surface area contributed by atoms with Crippen LogP contribution in [0.3, 0.4) is 0 Å². The molecule has 29 heavy (non-hydrogen) atoms. The van der Waals surface area contributed by atoms with Crippen LogP contribution in [0.25, 0.3) is 0 Å². The summed E-state index contributed by atoms with van der Waals surface area (Å²) in [5.74, 6) is 0.631. The summed E-state index contributed by atoms with van der Waals surface area (Å²) >= 11 is 0. The van der Waals surface area contributed by atoms with Crippen LogP contribution >= 0.6 is 0 Å². The predicted molar refractivity (Wildman–Crippen MR) is 122 cm³/mol. The van der Waals surface area contributed by atoms with Crippen molar-refractivity contribution in [2.75, 3.05) is 14.1 Å². The van der Waals surface area contributed by atoms with E-state index in [1.807, 2.05) is 0 Å². The van der Waals surface area contributed by atoms with Gasteiger partial charge in [-0.25, -0.2) is 0 Å². The fourth-order valence-electron chi connectivity index (χ4n) is 6.26. The van der Waals surface area contributed by atoms with Crippen LogP contribution < -0.4 is 5.32 Å². The minimum absolute atomic E-state index is 0.212. The molecular weight excluding hydrogens is 360 g/mol. The quantitative estimate of drug-likeness (QED) is 0.262. The van der Waals surface area contributed by atoms with E-state index in [-0.39, 0.29) is 17.7 Å². The molecule has 1 saturated carbocycles. The van der Waals surface area contributed by atoms with Crippen molar-refractivity contribution in [3.63, 3.8) is 0 Å². The molecule has 172 valence electrons. The Morgan fingerprint density at radius 2 is 1.90 bits per heavy atom. The minimum Gasteiger partial charge on any atom is -0.393 e. The van der Waals surface area contributed by atoms with Crippen LogP contribution in [-0.4, -0.2) is 48.3 Å². The van der Waals surface area contributed by atoms with Gasteiger partial charge in [0.1, 0.15) is 13.1 Å². The van der Waals surface area contributed by atoms with Gasteiger partial charge in [0, 0.05) is 24.8 Å². The molecule has 7 atom stereocenters. The first-order valence-corrected chi connectivity index (χ1v) is 12.5. The topological polar surface area (TPSA) is 44.8 Å². The number of quaternary nitrogens is 1. The highest BCUT2D eigenvalue weighted by molar-refractivity contribution is 5.00. The summed E-state index contributed by atoms with van der Waals surface area (Å²) in [7, 11) is 4.43. The number of aliphatic hydroxyl groups excluding tert-OH is 1. The van der Waals surface area contributed by atoms with Gasteiger partial charge < -0.3 is 10.4 Å². The monoisotopic (exact) mass is 411 g/mol. The lowest BCUT2D eigenvalue weighted by molar-refractivity contribution is -0.936. The van der Waals surface area contributed by atoms with E-state index in [0.717, 1.165) is 12.8 Å². The molecule has 5 unspecified atom stereocenters. The first-order valence-electron chi connectivity index (χ1n) is 12.5. The maximum atomic E-state index is 10.7. The Morgan fingerprint density at radius 3 is 2.38 bits per heavy atom. The molecule has 0 spiro atoms. The normalized spacial score (nSPS) is 37.8. The van der Waals surface area contributed by atoms with Crippen molar-refractivity contribution in [1.82, 2.24) is 5.32 Å². The van der Waals surface area contributed by atoms with Crippen molar-refractivity contribution in [3.8, 4) is 0 Å². The van der Waals surface area contributed by atoms with E-state index < -0.39 is 0 Å². The van der Waals surface area contributed by atoms with Crippen molar-refractivity contribution in [3.05, 3.63) is 0 Å². The van der Waals surface area contributed by atoms with E-state index in [9.17, 15) is 5.11 Å². The number of hydroxylamine groups is 3. The molecule has 2 aliphatic rings. The Hall–Kier alpha value is -0.160. The number of rotatable bonds is 11. The maximum absolute atomic E-state index is 10.7. The van der Waals surface area contributed by atoms with E-state index in [1.54, 1.807) is 0 Å². The lowest BCUT2D eigenvalue weighted by Crippen LogP contribution is -2.57. The van der Waals surface area contributed by atoms with Crippen LogP contribution in [0.15, 0.2) is 0 Å². The van der Waals surface area contributed by atoms with Crippen molar-refractivity contribution in [1.29, 1.82) is 0 Å². The zero-order chi connectivity index (χ0) is 21.9. The SMILES string of the molecule is CC[C@@H](O)CC(C1(CC)CCCCC(NC)C1CCC(C)(C)CC)[N+]1(C)O[C@@H]1C. The van der Waals surface area contributed by atoms with Gasteiger partial charge in [0.15, 0.2) is 0 Å². The van der Waals surface area contributed by atoms with Crippen molar-refractivity contribution in [2.24, 2.45) is 16.7 Å². The van der Waals surface area contributed by atoms with Gasteiger partial charge in [-0.05, 0) is 56.9 Å². The molecule has 1 heterocycles. The van der Waals surface area contributed by atoms with E-state index in [1.165, 1.54) is 51.4 Å². The average Bonchev–Trinajstić information content (AvgIpc) is 3.37. The smallest absolute Gasteiger partial charge is 0.271 e. The number of nitrogens with one attached hydrogen (secondary N) is 1. The molecule has 1 aliphatic heterocycles. The molecule has 1 aliphatic carbocycles. The second kappa shape index (κ2) is 9.97. The van der Waals surface area contributed by atoms with Crippen LogP contribution in [0.5, 0.6) is 0 Å². The van der Waals surface area contributed by atoms with Crippen LogP contribution in [0.4, 0.5) is 0 Å². The Labute approximate surface area is 181 Å². The fourth-order valence-corrected chi connectivity index (χ4v) is 6.26. The predicted octanol–water partition coefficient (Wildman–Crippen LogP) is 5.64. The van der Waals surface area contributed by atoms with Gasteiger partial charge in [0.25, 0.3) is 6.23 Å². The van der Waals surface area contributed by atoms with Gasteiger partial charge in [-0.15, -0.1) is 9.48 Å². The number of hydrogen-bond donors (Lipinski definition) is 2. The summed E-state index contributed by atoms with van der Waals surface area (Å²) in [6.45, 7) is 13.9. The molecule has 0 radical (unpaired) electrons. The second-order valence-corrected chi connectivity index (χ2v) is 11.0. The summed E-state index contributed by atoms with van der Waals surface area (Å²) in [6.07, 6.45) is 11.8. The van der Waals surface area contributed by atoms with Crippen LogP contribution in [0.1, 0.15) is 106 Å². The molecule has 0 aromatic rings. The van der Waals surface area contributed by atoms with Crippen LogP contribution in [0, 0.1) is 16.7 Å². The van der Waals surface area contributed by atoms with Crippen LogP contribution in [0.2, 0.25) is 0 Å². The average molecular weight is 412 g/mol. The third kappa shape index (κ3) is 5.37. The zero-order valence-electron chi connectivity index (χ0n) is 20.8. The molecule has 0 aromatic carbocycles. The highest BCUT2D eigenvalue weighted by Gasteiger charge is 2.65. The largest absolute Gasteiger partial charge is 0.393 e. The van der Waals surface area contributed by atoms with Crippen molar-refractivity contribution in [2.45, 2.75) is 130 Å². The minimum atomic E-state index is -0.237. The fraction of sp³-hybridized carbons (Fsp3) is 1.00. The van der Waals surface area contributed by atoms with Crippen molar-refractivity contribution >= 4 is 0 Å². The third-order valence-electron chi connectivity index (χ3n) is 9.05. The van der Waals surface area contributed by atoms with E-state index in [0.29, 0.717) is 28.1 Å². The van der Waals surface area contributed by atoms with Gasteiger partial charge in [0.2, 0.25) is 0 Å². The molecular formula is C25H51N2O2+. The molecule has 2 N–H and O–H groups in total. The second-order valence-electron chi connectivity index (χ2n) is 11.0. The highest BCUT2D eigenvalue weighted by Crippen LogP contribution is 2.55. The molecule has 4 nitrogen and oxygen atoms in total. The summed E-state index contributed by atoms with van der Waals surface area (Å²) < 4.78 is 0.689. The molecule has 0 bridgehead atoms. The van der Waals surface area contributed by atoms with E-state index in [4.69, 9.17) is 4.84 Å². The Morgan fingerprint density at radius 1 is 1.24 bits per heavy atom. The first kappa shape index (κ1) is 25.1.